The number of hydrogen-bond acceptors (Lipinski definition) is 7. The summed E-state index contributed by atoms with van der Waals surface area (Å²) in [7, 11) is 0. The van der Waals surface area contributed by atoms with Crippen LogP contribution in [0.1, 0.15) is 183 Å². The van der Waals surface area contributed by atoms with Crippen molar-refractivity contribution in [1.82, 2.24) is 5.32 Å². The monoisotopic (exact) mass is 858 g/mol. The van der Waals surface area contributed by atoms with E-state index < -0.39 is 0 Å². The molecule has 0 aliphatic carbocycles. The van der Waals surface area contributed by atoms with Crippen molar-refractivity contribution in [3.05, 3.63) is 36.4 Å². The minimum atomic E-state index is -0.141. The van der Waals surface area contributed by atoms with Gasteiger partial charge in [-0.25, -0.2) is 0 Å². The molecule has 0 unspecified atom stereocenters. The number of amides is 1. The molecular formula is C54H83NO7. The van der Waals surface area contributed by atoms with Gasteiger partial charge in [0.25, 0.3) is 5.91 Å². The molecule has 0 spiro atoms. The van der Waals surface area contributed by atoms with E-state index in [1.54, 1.807) is 0 Å². The number of fused-ring (bicyclic) bond motifs is 6. The van der Waals surface area contributed by atoms with E-state index in [0.29, 0.717) is 51.1 Å². The molecule has 62 heavy (non-hydrogen) atoms. The molecule has 8 nitrogen and oxygen atoms in total. The normalized spacial score (nSPS) is 11.4. The largest absolute Gasteiger partial charge is 0.490 e. The first-order chi connectivity index (χ1) is 30.5. The molecule has 1 N–H and O–H groups in total. The Balaban J connectivity index is 1.96. The van der Waals surface area contributed by atoms with E-state index in [4.69, 9.17) is 28.4 Å². The van der Waals surface area contributed by atoms with Crippen molar-refractivity contribution in [3.8, 4) is 34.5 Å². The van der Waals surface area contributed by atoms with Gasteiger partial charge in [0.1, 0.15) is 0 Å². The minimum Gasteiger partial charge on any atom is -0.490 e. The molecule has 8 heteroatoms. The van der Waals surface area contributed by atoms with Gasteiger partial charge < -0.3 is 33.7 Å². The Morgan fingerprint density at radius 3 is 0.823 bits per heavy atom. The Hall–Kier alpha value is -4.07. The molecule has 0 aliphatic heterocycles. The van der Waals surface area contributed by atoms with E-state index in [-0.39, 0.29) is 12.5 Å². The van der Waals surface area contributed by atoms with Gasteiger partial charge in [0.05, 0.1) is 33.0 Å². The highest BCUT2D eigenvalue weighted by Gasteiger charge is 2.21. The quantitative estimate of drug-likeness (QED) is 0.0360. The summed E-state index contributed by atoms with van der Waals surface area (Å²) in [6.07, 6.45) is 24.2. The Bertz CT molecular complexity index is 1820. The van der Waals surface area contributed by atoms with Crippen LogP contribution in [-0.4, -0.2) is 52.1 Å². The van der Waals surface area contributed by atoms with E-state index in [1.165, 1.54) is 51.4 Å². The number of benzene rings is 4. The first-order valence-corrected chi connectivity index (χ1v) is 25.1. The van der Waals surface area contributed by atoms with Crippen LogP contribution in [0.3, 0.4) is 0 Å². The molecule has 0 heterocycles. The molecule has 0 saturated carbocycles. The van der Waals surface area contributed by atoms with Crippen LogP contribution in [-0.2, 0) is 4.79 Å². The number of rotatable bonds is 36. The van der Waals surface area contributed by atoms with Crippen LogP contribution in [0.4, 0.5) is 0 Å². The fraction of sp³-hybridized carbons (Fsp3) is 0.648. The van der Waals surface area contributed by atoms with Crippen molar-refractivity contribution < 1.29 is 33.2 Å². The van der Waals surface area contributed by atoms with Gasteiger partial charge >= 0.3 is 0 Å². The SMILES string of the molecule is CCCCCCOc1cc2c3cc(OCCCCCC)c(OCCCCCC)cc3c3cc(OCC(=O)NCCCC)c(OCCCCCC)cc3c2cc1OCCCCCC. The summed E-state index contributed by atoms with van der Waals surface area (Å²) in [4.78, 5) is 13.0. The molecule has 0 atom stereocenters. The van der Waals surface area contributed by atoms with Gasteiger partial charge in [-0.3, -0.25) is 4.79 Å². The maximum Gasteiger partial charge on any atom is 0.257 e. The van der Waals surface area contributed by atoms with Crippen LogP contribution in [0.15, 0.2) is 36.4 Å². The van der Waals surface area contributed by atoms with E-state index in [9.17, 15) is 4.79 Å². The molecule has 4 rings (SSSR count). The lowest BCUT2D eigenvalue weighted by molar-refractivity contribution is -0.123. The van der Waals surface area contributed by atoms with Gasteiger partial charge in [0.15, 0.2) is 41.1 Å². The standard InChI is InChI=1S/C54H83NO7/c1-7-13-19-24-30-57-48-35-42-43-36-49(58-31-25-20-14-8-2)51(60-33-27-22-16-10-4)38-45(43)47-40-53(62-41-54(56)55-29-18-12-6)52(61-34-28-23-17-11-5)39-46(47)44(42)37-50(48)59-32-26-21-15-9-3/h35-40H,7-34,41H2,1-6H3,(H,55,56). The molecule has 346 valence electrons. The maximum absolute atomic E-state index is 13.0. The lowest BCUT2D eigenvalue weighted by atomic mass is 9.93. The second-order valence-corrected chi connectivity index (χ2v) is 17.1. The van der Waals surface area contributed by atoms with Crippen LogP contribution in [0.5, 0.6) is 34.5 Å². The molecule has 0 fully saturated rings. The smallest absolute Gasteiger partial charge is 0.257 e. The summed E-state index contributed by atoms with van der Waals surface area (Å²) >= 11 is 0. The summed E-state index contributed by atoms with van der Waals surface area (Å²) < 4.78 is 39.4. The van der Waals surface area contributed by atoms with Crippen molar-refractivity contribution in [3.63, 3.8) is 0 Å². The summed E-state index contributed by atoms with van der Waals surface area (Å²) in [5.41, 5.74) is 0. The maximum atomic E-state index is 13.0. The van der Waals surface area contributed by atoms with E-state index in [1.807, 2.05) is 0 Å². The molecule has 0 aromatic heterocycles. The fourth-order valence-corrected chi connectivity index (χ4v) is 7.85. The Labute approximate surface area is 375 Å². The number of nitrogens with one attached hydrogen (secondary N) is 1. The van der Waals surface area contributed by atoms with Gasteiger partial charge in [0.2, 0.25) is 0 Å². The number of unbranched alkanes of at least 4 members (excludes halogenated alkanes) is 16. The first-order valence-electron chi connectivity index (χ1n) is 25.1. The zero-order valence-corrected chi connectivity index (χ0v) is 39.8. The molecule has 0 aliphatic rings. The molecule has 4 aromatic carbocycles. The summed E-state index contributed by atoms with van der Waals surface area (Å²) in [6, 6.07) is 12.9. The molecule has 1 amide bonds. The average Bonchev–Trinajstić information content (AvgIpc) is 3.28. The van der Waals surface area contributed by atoms with E-state index in [0.717, 1.165) is 145 Å². The third-order valence-corrected chi connectivity index (χ3v) is 11.6. The van der Waals surface area contributed by atoms with Gasteiger partial charge in [0, 0.05) is 6.54 Å². The second kappa shape index (κ2) is 30.1. The Morgan fingerprint density at radius 2 is 0.581 bits per heavy atom. The first kappa shape index (κ1) is 50.6. The van der Waals surface area contributed by atoms with Crippen LogP contribution in [0.2, 0.25) is 0 Å². The third-order valence-electron chi connectivity index (χ3n) is 11.6. The van der Waals surface area contributed by atoms with Crippen LogP contribution < -0.4 is 33.7 Å². The van der Waals surface area contributed by atoms with E-state index in [2.05, 4.69) is 83.3 Å². The molecule has 4 aromatic rings. The zero-order valence-electron chi connectivity index (χ0n) is 39.8. The molecule has 0 radical (unpaired) electrons. The number of ether oxygens (including phenoxy) is 6. The van der Waals surface area contributed by atoms with Crippen LogP contribution in [0.25, 0.3) is 32.3 Å². The van der Waals surface area contributed by atoms with Crippen LogP contribution in [0, 0.1) is 0 Å². The second-order valence-electron chi connectivity index (χ2n) is 17.1. The number of hydrogen-bond donors (Lipinski definition) is 1. The highest BCUT2D eigenvalue weighted by atomic mass is 16.5. The van der Waals surface area contributed by atoms with Gasteiger partial charge in [-0.2, -0.15) is 0 Å². The topological polar surface area (TPSA) is 84.5 Å². The third kappa shape index (κ3) is 16.6. The van der Waals surface area contributed by atoms with Gasteiger partial charge in [-0.15, -0.1) is 0 Å². The highest BCUT2D eigenvalue weighted by Crippen LogP contribution is 2.47. The fourth-order valence-electron chi connectivity index (χ4n) is 7.85. The predicted octanol–water partition coefficient (Wildman–Crippen LogP) is 15.2. The predicted molar refractivity (Wildman–Crippen MR) is 261 cm³/mol. The van der Waals surface area contributed by atoms with Crippen LogP contribution >= 0.6 is 0 Å². The average molecular weight is 858 g/mol. The number of carbonyl (C=O) groups excluding carboxylic acids is 1. The Morgan fingerprint density at radius 1 is 0.339 bits per heavy atom. The minimum absolute atomic E-state index is 0.0932. The summed E-state index contributed by atoms with van der Waals surface area (Å²) in [5, 5.41) is 9.16. The number of carbonyl (C=O) groups is 1. The van der Waals surface area contributed by atoms with Gasteiger partial charge in [-0.1, -0.05) is 144 Å². The van der Waals surface area contributed by atoms with Crippen molar-refractivity contribution in [1.29, 1.82) is 0 Å². The van der Waals surface area contributed by atoms with Crippen molar-refractivity contribution in [2.45, 2.75) is 183 Å². The molecular weight excluding hydrogens is 775 g/mol. The highest BCUT2D eigenvalue weighted by molar-refractivity contribution is 6.26. The van der Waals surface area contributed by atoms with Crippen molar-refractivity contribution in [2.24, 2.45) is 0 Å². The molecule has 0 saturated heterocycles. The lowest BCUT2D eigenvalue weighted by Crippen LogP contribution is -2.29. The zero-order chi connectivity index (χ0) is 44.2. The molecule has 0 bridgehead atoms. The van der Waals surface area contributed by atoms with Gasteiger partial charge in [-0.05, 0) is 107 Å². The summed E-state index contributed by atoms with van der Waals surface area (Å²) in [6.45, 7) is 16.9. The van der Waals surface area contributed by atoms with E-state index >= 15 is 0 Å². The lowest BCUT2D eigenvalue weighted by Gasteiger charge is -2.21. The Kier molecular flexibility index (Phi) is 24.5. The van der Waals surface area contributed by atoms with Crippen molar-refractivity contribution in [2.75, 3.05) is 46.2 Å². The van der Waals surface area contributed by atoms with Crippen molar-refractivity contribution >= 4 is 38.2 Å². The summed E-state index contributed by atoms with van der Waals surface area (Å²) in [5.74, 6) is 4.08.